The molecule has 0 aliphatic heterocycles. The lowest BCUT2D eigenvalue weighted by Gasteiger charge is -2.17. The highest BCUT2D eigenvalue weighted by Gasteiger charge is 2.21. The topological polar surface area (TPSA) is 76.8 Å². The van der Waals surface area contributed by atoms with E-state index in [1.54, 1.807) is 24.3 Å². The fourth-order valence-electron chi connectivity index (χ4n) is 2.33. The molecule has 0 fully saturated rings. The van der Waals surface area contributed by atoms with Crippen LogP contribution in [0.5, 0.6) is 5.75 Å². The Kier molecular flexibility index (Phi) is 5.31. The van der Waals surface area contributed by atoms with E-state index in [0.717, 1.165) is 0 Å². The van der Waals surface area contributed by atoms with E-state index in [0.29, 0.717) is 21.7 Å². The van der Waals surface area contributed by atoms with Crippen molar-refractivity contribution in [3.8, 4) is 5.75 Å². The maximum atomic E-state index is 12.7. The zero-order valence-electron chi connectivity index (χ0n) is 13.9. The van der Waals surface area contributed by atoms with Gasteiger partial charge < -0.3 is 9.15 Å². The summed E-state index contributed by atoms with van der Waals surface area (Å²) in [6.45, 7) is 0.368. The molecule has 0 unspecified atom stereocenters. The van der Waals surface area contributed by atoms with Gasteiger partial charge >= 0.3 is 5.63 Å². The van der Waals surface area contributed by atoms with Crippen molar-refractivity contribution < 1.29 is 17.6 Å². The zero-order valence-corrected chi connectivity index (χ0v) is 15.5. The normalized spacial score (nSPS) is 11.8. The van der Waals surface area contributed by atoms with E-state index in [9.17, 15) is 13.2 Å². The smallest absolute Gasteiger partial charge is 0.336 e. The van der Waals surface area contributed by atoms with Gasteiger partial charge in [0.1, 0.15) is 17.9 Å². The number of rotatable bonds is 6. The lowest BCUT2D eigenvalue weighted by atomic mass is 10.2. The first-order valence-corrected chi connectivity index (χ1v) is 9.57. The number of sulfonamides is 1. The molecule has 1 aromatic heterocycles. The molecule has 0 aliphatic rings. The minimum absolute atomic E-state index is 0.118. The van der Waals surface area contributed by atoms with Crippen LogP contribution in [-0.4, -0.2) is 32.9 Å². The summed E-state index contributed by atoms with van der Waals surface area (Å²) < 4.78 is 37.1. The van der Waals surface area contributed by atoms with Gasteiger partial charge in [0, 0.05) is 30.1 Å². The van der Waals surface area contributed by atoms with Crippen LogP contribution in [0.1, 0.15) is 0 Å². The maximum absolute atomic E-state index is 12.7. The molecule has 2 aromatic carbocycles. The standard InChI is InChI=1S/C18H16ClNO5S/c1-20(10-11-24-15-5-3-14(19)4-6-15)26(22,23)16-7-8-17-13(12-16)2-9-18(21)25-17/h2-9,12H,10-11H2,1H3. The molecular weight excluding hydrogens is 378 g/mol. The van der Waals surface area contributed by atoms with Gasteiger partial charge in [0.2, 0.25) is 10.0 Å². The summed E-state index contributed by atoms with van der Waals surface area (Å²) in [6, 6.07) is 14.0. The Hall–Kier alpha value is -2.35. The average Bonchev–Trinajstić information content (AvgIpc) is 2.62. The first-order chi connectivity index (χ1) is 12.4. The molecule has 3 rings (SSSR count). The number of hydrogen-bond acceptors (Lipinski definition) is 5. The molecule has 0 atom stereocenters. The molecule has 0 saturated heterocycles. The van der Waals surface area contributed by atoms with E-state index in [2.05, 4.69) is 0 Å². The Balaban J connectivity index is 1.71. The highest BCUT2D eigenvalue weighted by Crippen LogP contribution is 2.20. The third-order valence-electron chi connectivity index (χ3n) is 3.79. The summed E-state index contributed by atoms with van der Waals surface area (Å²) in [4.78, 5) is 11.3. The van der Waals surface area contributed by atoms with Gasteiger partial charge in [-0.2, -0.15) is 4.31 Å². The molecular formula is C18H16ClNO5S. The van der Waals surface area contributed by atoms with Gasteiger partial charge in [-0.05, 0) is 48.5 Å². The Morgan fingerprint density at radius 1 is 1.08 bits per heavy atom. The molecule has 0 spiro atoms. The quantitative estimate of drug-likeness (QED) is 0.601. The van der Waals surface area contributed by atoms with Crippen molar-refractivity contribution in [2.45, 2.75) is 4.90 Å². The van der Waals surface area contributed by atoms with Gasteiger partial charge in [-0.3, -0.25) is 0 Å². The Bertz CT molecular complexity index is 1080. The van der Waals surface area contributed by atoms with Gasteiger partial charge in [0.25, 0.3) is 0 Å². The molecule has 1 heterocycles. The molecule has 136 valence electrons. The van der Waals surface area contributed by atoms with Crippen LogP contribution in [0, 0.1) is 0 Å². The average molecular weight is 394 g/mol. The molecule has 0 saturated carbocycles. The van der Waals surface area contributed by atoms with Crippen molar-refractivity contribution in [2.24, 2.45) is 0 Å². The minimum Gasteiger partial charge on any atom is -0.492 e. The SMILES string of the molecule is CN(CCOc1ccc(Cl)cc1)S(=O)(=O)c1ccc2oc(=O)ccc2c1. The second-order valence-corrected chi connectivity index (χ2v) is 8.06. The van der Waals surface area contributed by atoms with Crippen molar-refractivity contribution in [1.29, 1.82) is 0 Å². The predicted octanol–water partition coefficient (Wildman–Crippen LogP) is 3.15. The number of fused-ring (bicyclic) bond motifs is 1. The van der Waals surface area contributed by atoms with Gasteiger partial charge in [-0.25, -0.2) is 13.2 Å². The maximum Gasteiger partial charge on any atom is 0.336 e. The summed E-state index contributed by atoms with van der Waals surface area (Å²) in [5, 5.41) is 1.14. The largest absolute Gasteiger partial charge is 0.492 e. The summed E-state index contributed by atoms with van der Waals surface area (Å²) in [5.41, 5.74) is -0.144. The number of ether oxygens (including phenoxy) is 1. The van der Waals surface area contributed by atoms with Crippen LogP contribution in [0.4, 0.5) is 0 Å². The highest BCUT2D eigenvalue weighted by molar-refractivity contribution is 7.89. The van der Waals surface area contributed by atoms with Crippen molar-refractivity contribution in [1.82, 2.24) is 4.31 Å². The molecule has 0 bridgehead atoms. The van der Waals surface area contributed by atoms with Crippen molar-refractivity contribution in [3.63, 3.8) is 0 Å². The monoisotopic (exact) mass is 393 g/mol. The van der Waals surface area contributed by atoms with Crippen LogP contribution >= 0.6 is 11.6 Å². The summed E-state index contributed by atoms with van der Waals surface area (Å²) >= 11 is 5.81. The molecule has 0 radical (unpaired) electrons. The third kappa shape index (κ3) is 4.07. The van der Waals surface area contributed by atoms with E-state index >= 15 is 0 Å². The number of nitrogens with zero attached hydrogens (tertiary/aromatic N) is 1. The molecule has 0 aliphatic carbocycles. The van der Waals surface area contributed by atoms with Gasteiger partial charge in [-0.1, -0.05) is 11.6 Å². The van der Waals surface area contributed by atoms with E-state index in [1.165, 1.54) is 41.7 Å². The van der Waals surface area contributed by atoms with Gasteiger partial charge in [0.05, 0.1) is 4.90 Å². The summed E-state index contributed by atoms with van der Waals surface area (Å²) in [5.74, 6) is 0.612. The van der Waals surface area contributed by atoms with E-state index < -0.39 is 15.6 Å². The minimum atomic E-state index is -3.69. The molecule has 0 N–H and O–H groups in total. The predicted molar refractivity (Wildman–Crippen MR) is 99.2 cm³/mol. The van der Waals surface area contributed by atoms with E-state index in [4.69, 9.17) is 20.8 Å². The van der Waals surface area contributed by atoms with Crippen LogP contribution in [0.15, 0.2) is 68.7 Å². The molecule has 6 nitrogen and oxygen atoms in total. The van der Waals surface area contributed by atoms with Crippen LogP contribution in [0.3, 0.4) is 0 Å². The Morgan fingerprint density at radius 2 is 1.81 bits per heavy atom. The van der Waals surface area contributed by atoms with E-state index in [1.807, 2.05) is 0 Å². The molecule has 26 heavy (non-hydrogen) atoms. The van der Waals surface area contributed by atoms with Crippen molar-refractivity contribution >= 4 is 32.6 Å². The lowest BCUT2D eigenvalue weighted by Crippen LogP contribution is -2.31. The van der Waals surface area contributed by atoms with Crippen molar-refractivity contribution in [2.75, 3.05) is 20.2 Å². The first-order valence-electron chi connectivity index (χ1n) is 7.75. The van der Waals surface area contributed by atoms with E-state index in [-0.39, 0.29) is 18.0 Å². The number of likely N-dealkylation sites (N-methyl/N-ethyl adjacent to an activating group) is 1. The van der Waals surface area contributed by atoms with Gasteiger partial charge in [0.15, 0.2) is 0 Å². The molecule has 8 heteroatoms. The number of benzene rings is 2. The Labute approximate surface area is 155 Å². The van der Waals surface area contributed by atoms with Gasteiger partial charge in [-0.15, -0.1) is 0 Å². The second kappa shape index (κ2) is 7.49. The second-order valence-electron chi connectivity index (χ2n) is 5.58. The molecule has 3 aromatic rings. The lowest BCUT2D eigenvalue weighted by molar-refractivity contribution is 0.287. The van der Waals surface area contributed by atoms with Crippen LogP contribution in [0.25, 0.3) is 11.0 Å². The molecule has 0 amide bonds. The first kappa shape index (κ1) is 18.4. The Morgan fingerprint density at radius 3 is 2.54 bits per heavy atom. The van der Waals surface area contributed by atoms with Crippen molar-refractivity contribution in [3.05, 3.63) is 70.0 Å². The summed E-state index contributed by atoms with van der Waals surface area (Å²) in [6.07, 6.45) is 0. The van der Waals surface area contributed by atoms with Crippen LogP contribution in [0.2, 0.25) is 5.02 Å². The number of halogens is 1. The fraction of sp³-hybridized carbons (Fsp3) is 0.167. The zero-order chi connectivity index (χ0) is 18.7. The third-order valence-corrected chi connectivity index (χ3v) is 5.89. The number of hydrogen-bond donors (Lipinski definition) is 0. The summed E-state index contributed by atoms with van der Waals surface area (Å²) in [7, 11) is -2.21. The van der Waals surface area contributed by atoms with Crippen LogP contribution < -0.4 is 10.4 Å². The van der Waals surface area contributed by atoms with Crippen LogP contribution in [-0.2, 0) is 10.0 Å². The highest BCUT2D eigenvalue weighted by atomic mass is 35.5. The fourth-order valence-corrected chi connectivity index (χ4v) is 3.65.